The first-order valence-electron chi connectivity index (χ1n) is 5.46. The van der Waals surface area contributed by atoms with Crippen molar-refractivity contribution in [2.45, 2.75) is 0 Å². The van der Waals surface area contributed by atoms with Crippen LogP contribution in [0.4, 0.5) is 11.6 Å². The van der Waals surface area contributed by atoms with Crippen molar-refractivity contribution in [2.75, 3.05) is 19.1 Å². The minimum atomic E-state index is 0.450. The van der Waals surface area contributed by atoms with E-state index in [0.29, 0.717) is 21.9 Å². The Kier molecular flexibility index (Phi) is 3.97. The van der Waals surface area contributed by atoms with Crippen molar-refractivity contribution in [3.63, 3.8) is 0 Å². The molecule has 2 aromatic rings. The first-order chi connectivity index (χ1) is 9.17. The largest absolute Gasteiger partial charge is 0.480 e. The number of nitriles is 1. The number of hydrogen-bond acceptors (Lipinski definition) is 5. The molecule has 0 bridgehead atoms. The molecule has 0 N–H and O–H groups in total. The highest BCUT2D eigenvalue weighted by molar-refractivity contribution is 9.10. The fourth-order valence-electron chi connectivity index (χ4n) is 1.62. The van der Waals surface area contributed by atoms with Crippen LogP contribution >= 0.6 is 15.9 Å². The van der Waals surface area contributed by atoms with Crippen LogP contribution in [0.25, 0.3) is 0 Å². The maximum absolute atomic E-state index is 9.11. The van der Waals surface area contributed by atoms with Gasteiger partial charge in [0.2, 0.25) is 11.8 Å². The van der Waals surface area contributed by atoms with Gasteiger partial charge in [0.15, 0.2) is 0 Å². The Balaban J connectivity index is 2.44. The Morgan fingerprint density at radius 1 is 1.37 bits per heavy atom. The van der Waals surface area contributed by atoms with E-state index in [2.05, 4.69) is 32.0 Å². The molecule has 0 aliphatic rings. The summed E-state index contributed by atoms with van der Waals surface area (Å²) in [5.41, 5.74) is 1.31. The normalized spacial score (nSPS) is 9.79. The Morgan fingerprint density at radius 2 is 2.11 bits per heavy atom. The number of benzene rings is 1. The molecular weight excluding hydrogens is 308 g/mol. The molecular formula is C13H11BrN4O. The summed E-state index contributed by atoms with van der Waals surface area (Å²) in [5, 5.41) is 9.11. The number of methoxy groups -OCH3 is 1. The van der Waals surface area contributed by atoms with Gasteiger partial charge in [-0.25, -0.2) is 4.98 Å². The van der Waals surface area contributed by atoms with Crippen molar-refractivity contribution in [1.82, 2.24) is 9.97 Å². The minimum absolute atomic E-state index is 0.450. The third kappa shape index (κ3) is 2.66. The Labute approximate surface area is 119 Å². The molecule has 0 unspecified atom stereocenters. The summed E-state index contributed by atoms with van der Waals surface area (Å²) in [6.45, 7) is 0. The number of anilines is 2. The first-order valence-corrected chi connectivity index (χ1v) is 6.26. The summed E-state index contributed by atoms with van der Waals surface area (Å²) in [7, 11) is 3.35. The average molecular weight is 319 g/mol. The predicted molar refractivity (Wildman–Crippen MR) is 75.5 cm³/mol. The van der Waals surface area contributed by atoms with Gasteiger partial charge in [0.25, 0.3) is 0 Å². The lowest BCUT2D eigenvalue weighted by molar-refractivity contribution is 0.394. The van der Waals surface area contributed by atoms with E-state index in [1.807, 2.05) is 18.2 Å². The summed E-state index contributed by atoms with van der Waals surface area (Å²) in [6.07, 6.45) is 1.62. The highest BCUT2D eigenvalue weighted by Gasteiger charge is 2.13. The molecule has 96 valence electrons. The van der Waals surface area contributed by atoms with Crippen LogP contribution in [-0.4, -0.2) is 24.1 Å². The molecule has 0 saturated heterocycles. The number of para-hydroxylation sites is 1. The SMILES string of the molecule is COc1nc(N(C)c2ccccc2C#N)ncc1Br. The van der Waals surface area contributed by atoms with Crippen molar-refractivity contribution in [3.8, 4) is 11.9 Å². The van der Waals surface area contributed by atoms with E-state index >= 15 is 0 Å². The first kappa shape index (κ1) is 13.3. The molecule has 6 heteroatoms. The third-order valence-electron chi connectivity index (χ3n) is 2.58. The Morgan fingerprint density at radius 3 is 2.79 bits per heavy atom. The summed E-state index contributed by atoms with van der Waals surface area (Å²) in [6, 6.07) is 9.43. The second kappa shape index (κ2) is 5.67. The monoisotopic (exact) mass is 318 g/mol. The van der Waals surface area contributed by atoms with Gasteiger partial charge in [-0.3, -0.25) is 0 Å². The fourth-order valence-corrected chi connectivity index (χ4v) is 1.97. The van der Waals surface area contributed by atoms with E-state index in [9.17, 15) is 0 Å². The second-order valence-electron chi connectivity index (χ2n) is 3.72. The van der Waals surface area contributed by atoms with Gasteiger partial charge in [-0.1, -0.05) is 12.1 Å². The molecule has 0 amide bonds. The summed E-state index contributed by atoms with van der Waals surface area (Å²) in [5.74, 6) is 0.911. The van der Waals surface area contributed by atoms with E-state index in [0.717, 1.165) is 5.69 Å². The summed E-state index contributed by atoms with van der Waals surface area (Å²) in [4.78, 5) is 10.2. The van der Waals surface area contributed by atoms with Crippen LogP contribution in [0.1, 0.15) is 5.56 Å². The molecule has 1 aromatic carbocycles. The van der Waals surface area contributed by atoms with Crippen LogP contribution in [0.15, 0.2) is 34.9 Å². The van der Waals surface area contributed by atoms with E-state index in [-0.39, 0.29) is 0 Å². The van der Waals surface area contributed by atoms with E-state index in [1.165, 1.54) is 0 Å². The smallest absolute Gasteiger partial charge is 0.233 e. The van der Waals surface area contributed by atoms with Crippen LogP contribution in [0.3, 0.4) is 0 Å². The van der Waals surface area contributed by atoms with Gasteiger partial charge >= 0.3 is 0 Å². The lowest BCUT2D eigenvalue weighted by Crippen LogP contribution is -2.14. The maximum atomic E-state index is 9.11. The van der Waals surface area contributed by atoms with Gasteiger partial charge in [0.1, 0.15) is 6.07 Å². The zero-order chi connectivity index (χ0) is 13.8. The molecule has 19 heavy (non-hydrogen) atoms. The third-order valence-corrected chi connectivity index (χ3v) is 3.12. The van der Waals surface area contributed by atoms with E-state index in [4.69, 9.17) is 10.00 Å². The molecule has 1 heterocycles. The van der Waals surface area contributed by atoms with Crippen molar-refractivity contribution in [3.05, 3.63) is 40.5 Å². The standard InChI is InChI=1S/C13H11BrN4O/c1-18(11-6-4-3-5-9(11)7-15)13-16-8-10(14)12(17-13)19-2/h3-6,8H,1-2H3. The number of ether oxygens (including phenoxy) is 1. The topological polar surface area (TPSA) is 62.0 Å². The van der Waals surface area contributed by atoms with E-state index < -0.39 is 0 Å². The lowest BCUT2D eigenvalue weighted by Gasteiger charge is -2.18. The van der Waals surface area contributed by atoms with Crippen molar-refractivity contribution < 1.29 is 4.74 Å². The van der Waals surface area contributed by atoms with Gasteiger partial charge in [-0.15, -0.1) is 0 Å². The predicted octanol–water partition coefficient (Wildman–Crippen LogP) is 2.89. The molecule has 0 spiro atoms. The molecule has 0 radical (unpaired) electrons. The van der Waals surface area contributed by atoms with Crippen LogP contribution in [0.5, 0.6) is 5.88 Å². The van der Waals surface area contributed by atoms with Crippen LogP contribution in [0, 0.1) is 11.3 Å². The molecule has 1 aromatic heterocycles. The quantitative estimate of drug-likeness (QED) is 0.870. The second-order valence-corrected chi connectivity index (χ2v) is 4.57. The Bertz CT molecular complexity index is 639. The molecule has 0 fully saturated rings. The van der Waals surface area contributed by atoms with E-state index in [1.54, 1.807) is 31.3 Å². The van der Waals surface area contributed by atoms with Crippen molar-refractivity contribution >= 4 is 27.6 Å². The molecule has 5 nitrogen and oxygen atoms in total. The van der Waals surface area contributed by atoms with Crippen molar-refractivity contribution in [2.24, 2.45) is 0 Å². The zero-order valence-corrected chi connectivity index (χ0v) is 12.0. The fraction of sp³-hybridized carbons (Fsp3) is 0.154. The molecule has 0 atom stereocenters. The summed E-state index contributed by atoms with van der Waals surface area (Å²) < 4.78 is 5.82. The van der Waals surface area contributed by atoms with Gasteiger partial charge < -0.3 is 9.64 Å². The lowest BCUT2D eigenvalue weighted by atomic mass is 10.2. The molecule has 0 aliphatic carbocycles. The van der Waals surface area contributed by atoms with Gasteiger partial charge in [0, 0.05) is 7.05 Å². The van der Waals surface area contributed by atoms with Gasteiger partial charge in [0.05, 0.1) is 29.0 Å². The number of aromatic nitrogens is 2. The molecule has 0 saturated carbocycles. The Hall–Kier alpha value is -2.13. The maximum Gasteiger partial charge on any atom is 0.233 e. The average Bonchev–Trinajstić information content (AvgIpc) is 2.47. The van der Waals surface area contributed by atoms with Crippen LogP contribution < -0.4 is 9.64 Å². The van der Waals surface area contributed by atoms with Crippen LogP contribution in [0.2, 0.25) is 0 Å². The molecule has 2 rings (SSSR count). The minimum Gasteiger partial charge on any atom is -0.480 e. The highest BCUT2D eigenvalue weighted by Crippen LogP contribution is 2.28. The van der Waals surface area contributed by atoms with Crippen molar-refractivity contribution in [1.29, 1.82) is 5.26 Å². The summed E-state index contributed by atoms with van der Waals surface area (Å²) >= 11 is 3.30. The van der Waals surface area contributed by atoms with Gasteiger partial charge in [-0.2, -0.15) is 10.2 Å². The van der Waals surface area contributed by atoms with Gasteiger partial charge in [-0.05, 0) is 28.1 Å². The van der Waals surface area contributed by atoms with Crippen LogP contribution in [-0.2, 0) is 0 Å². The number of hydrogen-bond donors (Lipinski definition) is 0. The zero-order valence-electron chi connectivity index (χ0n) is 10.5. The number of rotatable bonds is 3. The molecule has 0 aliphatic heterocycles. The highest BCUT2D eigenvalue weighted by atomic mass is 79.9. The number of nitrogens with zero attached hydrogens (tertiary/aromatic N) is 4. The number of halogens is 1.